The second-order valence-corrected chi connectivity index (χ2v) is 8.09. The van der Waals surface area contributed by atoms with Gasteiger partial charge >= 0.3 is 0 Å². The van der Waals surface area contributed by atoms with E-state index < -0.39 is 0 Å². The molecule has 1 aliphatic heterocycles. The van der Waals surface area contributed by atoms with Gasteiger partial charge in [-0.1, -0.05) is 6.92 Å². The number of hydrogen-bond donors (Lipinski definition) is 1. The van der Waals surface area contributed by atoms with E-state index in [2.05, 4.69) is 29.4 Å². The molecule has 0 radical (unpaired) electrons. The number of piperidine rings is 1. The molecule has 1 N–H and O–H groups in total. The molecule has 1 fully saturated rings. The first kappa shape index (κ1) is 20.5. The van der Waals surface area contributed by atoms with Gasteiger partial charge in [0.15, 0.2) is 17.3 Å². The van der Waals surface area contributed by atoms with E-state index in [4.69, 9.17) is 15.1 Å². The SMILES string of the molecule is CCc1nc2ccc(C3CCNCC3)nn2c1N(C)c1ccnc(-c2ccc(F)cc2)n1. The fourth-order valence-corrected chi connectivity index (χ4v) is 4.27. The molecular weight excluding hydrogens is 405 g/mol. The molecule has 5 rings (SSSR count). The van der Waals surface area contributed by atoms with Gasteiger partial charge in [0.1, 0.15) is 11.6 Å². The quantitative estimate of drug-likeness (QED) is 0.513. The summed E-state index contributed by atoms with van der Waals surface area (Å²) in [5.74, 6) is 2.35. The number of aryl methyl sites for hydroxylation is 1. The first-order chi connectivity index (χ1) is 15.6. The number of nitrogens with one attached hydrogen (secondary N) is 1. The Bertz CT molecular complexity index is 1230. The fourth-order valence-electron chi connectivity index (χ4n) is 4.27. The van der Waals surface area contributed by atoms with Crippen LogP contribution >= 0.6 is 0 Å². The minimum Gasteiger partial charge on any atom is -0.317 e. The van der Waals surface area contributed by atoms with E-state index in [9.17, 15) is 4.39 Å². The zero-order valence-electron chi connectivity index (χ0n) is 18.3. The van der Waals surface area contributed by atoms with Crippen molar-refractivity contribution < 1.29 is 4.39 Å². The molecule has 0 amide bonds. The molecule has 0 spiro atoms. The van der Waals surface area contributed by atoms with Crippen molar-refractivity contribution in [2.24, 2.45) is 0 Å². The smallest absolute Gasteiger partial charge is 0.161 e. The van der Waals surface area contributed by atoms with Gasteiger partial charge in [0.05, 0.1) is 11.4 Å². The number of anilines is 2. The van der Waals surface area contributed by atoms with Gasteiger partial charge in [0, 0.05) is 24.7 Å². The number of rotatable bonds is 5. The molecule has 4 aromatic rings. The zero-order valence-corrected chi connectivity index (χ0v) is 18.3. The number of fused-ring (bicyclic) bond motifs is 1. The van der Waals surface area contributed by atoms with Gasteiger partial charge in [-0.25, -0.2) is 19.3 Å². The summed E-state index contributed by atoms with van der Waals surface area (Å²) in [7, 11) is 1.97. The Hall–Kier alpha value is -3.39. The fraction of sp³-hybridized carbons (Fsp3) is 0.333. The van der Waals surface area contributed by atoms with Crippen LogP contribution in [0.15, 0.2) is 48.7 Å². The Morgan fingerprint density at radius 2 is 1.84 bits per heavy atom. The molecule has 1 aliphatic rings. The minimum absolute atomic E-state index is 0.282. The predicted octanol–water partition coefficient (Wildman–Crippen LogP) is 4.12. The molecule has 0 saturated carbocycles. The highest BCUT2D eigenvalue weighted by molar-refractivity contribution is 5.65. The van der Waals surface area contributed by atoms with Crippen LogP contribution in [-0.4, -0.2) is 44.7 Å². The van der Waals surface area contributed by atoms with Gasteiger partial charge in [-0.15, -0.1) is 0 Å². The molecule has 0 bridgehead atoms. The Morgan fingerprint density at radius 3 is 2.59 bits per heavy atom. The lowest BCUT2D eigenvalue weighted by atomic mass is 9.94. The van der Waals surface area contributed by atoms with E-state index >= 15 is 0 Å². The predicted molar refractivity (Wildman–Crippen MR) is 123 cm³/mol. The third-order valence-electron chi connectivity index (χ3n) is 6.04. The lowest BCUT2D eigenvalue weighted by molar-refractivity contribution is 0.449. The molecule has 32 heavy (non-hydrogen) atoms. The topological polar surface area (TPSA) is 71.2 Å². The van der Waals surface area contributed by atoms with E-state index in [1.54, 1.807) is 18.3 Å². The number of aromatic nitrogens is 5. The highest BCUT2D eigenvalue weighted by Gasteiger charge is 2.22. The number of hydrogen-bond acceptors (Lipinski definition) is 6. The average Bonchev–Trinajstić information content (AvgIpc) is 3.22. The highest BCUT2D eigenvalue weighted by atomic mass is 19.1. The molecule has 1 saturated heterocycles. The summed E-state index contributed by atoms with van der Waals surface area (Å²) < 4.78 is 15.3. The van der Waals surface area contributed by atoms with Crippen molar-refractivity contribution in [3.63, 3.8) is 0 Å². The maximum Gasteiger partial charge on any atom is 0.161 e. The van der Waals surface area contributed by atoms with Crippen LogP contribution in [-0.2, 0) is 6.42 Å². The second kappa shape index (κ2) is 8.63. The number of nitrogens with zero attached hydrogens (tertiary/aromatic N) is 6. The van der Waals surface area contributed by atoms with Crippen LogP contribution in [0.5, 0.6) is 0 Å². The normalized spacial score (nSPS) is 14.7. The van der Waals surface area contributed by atoms with Gasteiger partial charge in [-0.2, -0.15) is 9.61 Å². The van der Waals surface area contributed by atoms with Crippen molar-refractivity contribution in [2.45, 2.75) is 32.1 Å². The van der Waals surface area contributed by atoms with Gasteiger partial charge in [-0.05, 0) is 74.8 Å². The summed E-state index contributed by atoms with van der Waals surface area (Å²) in [6.45, 7) is 4.14. The number of halogens is 1. The van der Waals surface area contributed by atoms with E-state index in [1.807, 2.05) is 22.5 Å². The molecule has 0 unspecified atom stereocenters. The highest BCUT2D eigenvalue weighted by Crippen LogP contribution is 2.30. The second-order valence-electron chi connectivity index (χ2n) is 8.09. The first-order valence-electron chi connectivity index (χ1n) is 11.1. The van der Waals surface area contributed by atoms with Gasteiger partial charge in [0.25, 0.3) is 0 Å². The first-order valence-corrected chi connectivity index (χ1v) is 11.1. The Balaban J connectivity index is 1.55. The van der Waals surface area contributed by atoms with Gasteiger partial charge in [0.2, 0.25) is 0 Å². The maximum absolute atomic E-state index is 13.3. The zero-order chi connectivity index (χ0) is 22.1. The van der Waals surface area contributed by atoms with Crippen LogP contribution in [0.3, 0.4) is 0 Å². The van der Waals surface area contributed by atoms with Crippen LogP contribution in [0.1, 0.15) is 37.1 Å². The summed E-state index contributed by atoms with van der Waals surface area (Å²) >= 11 is 0. The third kappa shape index (κ3) is 3.82. The lowest BCUT2D eigenvalue weighted by Crippen LogP contribution is -2.27. The molecule has 7 nitrogen and oxygen atoms in total. The van der Waals surface area contributed by atoms with E-state index in [1.165, 1.54) is 12.1 Å². The van der Waals surface area contributed by atoms with Crippen LogP contribution < -0.4 is 10.2 Å². The Morgan fingerprint density at radius 1 is 1.06 bits per heavy atom. The van der Waals surface area contributed by atoms with Crippen molar-refractivity contribution in [1.29, 1.82) is 0 Å². The largest absolute Gasteiger partial charge is 0.317 e. The number of benzene rings is 1. The summed E-state index contributed by atoms with van der Waals surface area (Å²) in [5.41, 5.74) is 3.66. The molecule has 164 valence electrons. The maximum atomic E-state index is 13.3. The minimum atomic E-state index is -0.282. The van der Waals surface area contributed by atoms with Crippen molar-refractivity contribution in [3.05, 3.63) is 65.9 Å². The molecular formula is C24H26FN7. The monoisotopic (exact) mass is 431 g/mol. The number of imidazole rings is 1. The van der Waals surface area contributed by atoms with Gasteiger partial charge < -0.3 is 10.2 Å². The molecule has 4 heterocycles. The van der Waals surface area contributed by atoms with Crippen molar-refractivity contribution in [3.8, 4) is 11.4 Å². The van der Waals surface area contributed by atoms with Crippen LogP contribution in [0.25, 0.3) is 17.0 Å². The summed E-state index contributed by atoms with van der Waals surface area (Å²) in [6.07, 6.45) is 4.68. The summed E-state index contributed by atoms with van der Waals surface area (Å²) in [5, 5.41) is 8.42. The molecule has 0 aliphatic carbocycles. The Kier molecular flexibility index (Phi) is 5.53. The molecule has 1 aromatic carbocycles. The van der Waals surface area contributed by atoms with Crippen molar-refractivity contribution in [1.82, 2.24) is 29.9 Å². The standard InChI is InChI=1S/C24H26FN7/c1-3-19-24(32-22(28-19)9-8-20(30-32)16-10-13-26-14-11-16)31(2)21-12-15-27-23(29-21)17-4-6-18(25)7-5-17/h4-9,12,15-16,26H,3,10-11,13-14H2,1-2H3. The van der Waals surface area contributed by atoms with Crippen molar-refractivity contribution >= 4 is 17.3 Å². The average molecular weight is 432 g/mol. The van der Waals surface area contributed by atoms with Gasteiger partial charge in [-0.3, -0.25) is 0 Å². The van der Waals surface area contributed by atoms with Crippen LogP contribution in [0.2, 0.25) is 0 Å². The Labute approximate surface area is 186 Å². The van der Waals surface area contributed by atoms with E-state index in [0.29, 0.717) is 11.7 Å². The molecule has 3 aromatic heterocycles. The van der Waals surface area contributed by atoms with E-state index in [0.717, 1.165) is 66.6 Å². The van der Waals surface area contributed by atoms with Crippen LogP contribution in [0.4, 0.5) is 16.0 Å². The summed E-state index contributed by atoms with van der Waals surface area (Å²) in [6, 6.07) is 12.2. The molecule has 8 heteroatoms. The molecule has 0 atom stereocenters. The summed E-state index contributed by atoms with van der Waals surface area (Å²) in [4.78, 5) is 15.9. The lowest BCUT2D eigenvalue weighted by Gasteiger charge is -2.23. The van der Waals surface area contributed by atoms with Crippen LogP contribution in [0, 0.1) is 5.82 Å². The third-order valence-corrected chi connectivity index (χ3v) is 6.04. The van der Waals surface area contributed by atoms with E-state index in [-0.39, 0.29) is 5.82 Å². The van der Waals surface area contributed by atoms with Crippen molar-refractivity contribution in [2.75, 3.05) is 25.0 Å².